The van der Waals surface area contributed by atoms with Crippen molar-refractivity contribution in [1.29, 1.82) is 0 Å². The number of hydrogen-bond acceptors (Lipinski definition) is 3. The predicted octanol–water partition coefficient (Wildman–Crippen LogP) is 0.996. The van der Waals surface area contributed by atoms with Gasteiger partial charge in [0.15, 0.2) is 0 Å². The third-order valence-corrected chi connectivity index (χ3v) is 4.67. The molecule has 4 heteroatoms. The Morgan fingerprint density at radius 2 is 1.79 bits per heavy atom. The van der Waals surface area contributed by atoms with E-state index in [0.29, 0.717) is 24.9 Å². The molecular formula is C15H21N3O. The van der Waals surface area contributed by atoms with Crippen molar-refractivity contribution >= 4 is 5.91 Å². The first kappa shape index (κ1) is 12.6. The number of benzene rings is 1. The average molecular weight is 259 g/mol. The Hall–Kier alpha value is -1.39. The van der Waals surface area contributed by atoms with Crippen LogP contribution in [0.25, 0.3) is 0 Å². The summed E-state index contributed by atoms with van der Waals surface area (Å²) in [5.41, 5.74) is 12.2. The molecule has 0 aliphatic carbocycles. The minimum absolute atomic E-state index is 0.344. The highest BCUT2D eigenvalue weighted by atomic mass is 16.1. The van der Waals surface area contributed by atoms with E-state index in [9.17, 15) is 4.79 Å². The standard InChI is InChI=1S/C15H21N3O/c16-14(19)15(17)8-12-6-7-13(9-15)18(12)10-11-4-2-1-3-5-11/h1-5,12-13H,6-10,17H2,(H2,16,19). The molecule has 0 aromatic heterocycles. The number of piperidine rings is 1. The maximum atomic E-state index is 11.5. The highest BCUT2D eigenvalue weighted by Crippen LogP contribution is 2.40. The van der Waals surface area contributed by atoms with Gasteiger partial charge in [0, 0.05) is 18.6 Å². The summed E-state index contributed by atoms with van der Waals surface area (Å²) in [5.74, 6) is -0.344. The molecule has 0 saturated carbocycles. The van der Waals surface area contributed by atoms with E-state index in [1.54, 1.807) is 0 Å². The molecule has 1 amide bonds. The predicted molar refractivity (Wildman–Crippen MR) is 74.1 cm³/mol. The second-order valence-electron chi connectivity index (χ2n) is 5.97. The molecule has 2 aliphatic heterocycles. The Kier molecular flexibility index (Phi) is 3.07. The van der Waals surface area contributed by atoms with Crippen molar-refractivity contribution in [2.45, 2.75) is 49.9 Å². The number of carbonyl (C=O) groups is 1. The number of nitrogens with zero attached hydrogens (tertiary/aromatic N) is 1. The largest absolute Gasteiger partial charge is 0.368 e. The summed E-state index contributed by atoms with van der Waals surface area (Å²) in [6.45, 7) is 0.949. The molecule has 2 unspecified atom stereocenters. The normalized spacial score (nSPS) is 34.4. The third kappa shape index (κ3) is 2.26. The van der Waals surface area contributed by atoms with Crippen LogP contribution in [0.1, 0.15) is 31.2 Å². The van der Waals surface area contributed by atoms with E-state index >= 15 is 0 Å². The van der Waals surface area contributed by atoms with E-state index in [1.807, 2.05) is 6.07 Å². The first-order valence-corrected chi connectivity index (χ1v) is 6.97. The number of nitrogens with two attached hydrogens (primary N) is 2. The van der Waals surface area contributed by atoms with Crippen molar-refractivity contribution in [3.8, 4) is 0 Å². The first-order valence-electron chi connectivity index (χ1n) is 6.97. The van der Waals surface area contributed by atoms with Crippen molar-refractivity contribution in [2.24, 2.45) is 11.5 Å². The quantitative estimate of drug-likeness (QED) is 0.850. The van der Waals surface area contributed by atoms with E-state index < -0.39 is 5.54 Å². The van der Waals surface area contributed by atoms with E-state index in [4.69, 9.17) is 11.5 Å². The molecule has 2 aliphatic rings. The number of fused-ring (bicyclic) bond motifs is 2. The van der Waals surface area contributed by atoms with Crippen LogP contribution in [0, 0.1) is 0 Å². The van der Waals surface area contributed by atoms with Crippen molar-refractivity contribution < 1.29 is 4.79 Å². The van der Waals surface area contributed by atoms with Gasteiger partial charge in [-0.15, -0.1) is 0 Å². The minimum Gasteiger partial charge on any atom is -0.368 e. The summed E-state index contributed by atoms with van der Waals surface area (Å²) in [6, 6.07) is 11.3. The molecule has 2 saturated heterocycles. The fraction of sp³-hybridized carbons (Fsp3) is 0.533. The van der Waals surface area contributed by atoms with Crippen LogP contribution in [0.4, 0.5) is 0 Å². The lowest BCUT2D eigenvalue weighted by Crippen LogP contribution is -2.61. The molecule has 2 heterocycles. The monoisotopic (exact) mass is 259 g/mol. The Morgan fingerprint density at radius 3 is 2.32 bits per heavy atom. The van der Waals surface area contributed by atoms with Gasteiger partial charge >= 0.3 is 0 Å². The molecule has 2 fully saturated rings. The van der Waals surface area contributed by atoms with E-state index in [0.717, 1.165) is 19.4 Å². The molecule has 102 valence electrons. The fourth-order valence-electron chi connectivity index (χ4n) is 3.63. The van der Waals surface area contributed by atoms with Gasteiger partial charge in [0.2, 0.25) is 5.91 Å². The molecule has 0 spiro atoms. The van der Waals surface area contributed by atoms with Crippen LogP contribution in [-0.2, 0) is 11.3 Å². The SMILES string of the molecule is NC(=O)C1(N)CC2CCC(C1)N2Cc1ccccc1. The molecule has 4 nitrogen and oxygen atoms in total. The first-order chi connectivity index (χ1) is 9.08. The van der Waals surface area contributed by atoms with Crippen LogP contribution in [0.15, 0.2) is 30.3 Å². The maximum absolute atomic E-state index is 11.5. The Labute approximate surface area is 113 Å². The number of carbonyl (C=O) groups excluding carboxylic acids is 1. The summed E-state index contributed by atoms with van der Waals surface area (Å²) in [4.78, 5) is 14.0. The molecule has 2 bridgehead atoms. The van der Waals surface area contributed by atoms with Crippen LogP contribution < -0.4 is 11.5 Å². The van der Waals surface area contributed by atoms with Crippen LogP contribution in [0.3, 0.4) is 0 Å². The average Bonchev–Trinajstić information content (AvgIpc) is 2.64. The summed E-state index contributed by atoms with van der Waals surface area (Å²) in [6.07, 6.45) is 3.66. The zero-order valence-electron chi connectivity index (χ0n) is 11.1. The molecular weight excluding hydrogens is 238 g/mol. The van der Waals surface area contributed by atoms with Gasteiger partial charge in [-0.3, -0.25) is 9.69 Å². The minimum atomic E-state index is -0.793. The molecule has 1 aromatic rings. The summed E-state index contributed by atoms with van der Waals surface area (Å²) in [7, 11) is 0. The van der Waals surface area contributed by atoms with Crippen LogP contribution >= 0.6 is 0 Å². The molecule has 0 radical (unpaired) electrons. The van der Waals surface area contributed by atoms with Gasteiger partial charge in [-0.2, -0.15) is 0 Å². The summed E-state index contributed by atoms with van der Waals surface area (Å²) >= 11 is 0. The van der Waals surface area contributed by atoms with Gasteiger partial charge in [-0.1, -0.05) is 30.3 Å². The zero-order valence-corrected chi connectivity index (χ0v) is 11.1. The smallest absolute Gasteiger partial charge is 0.237 e. The Bertz CT molecular complexity index is 460. The lowest BCUT2D eigenvalue weighted by atomic mass is 9.83. The molecule has 1 aromatic carbocycles. The maximum Gasteiger partial charge on any atom is 0.237 e. The highest BCUT2D eigenvalue weighted by Gasteiger charge is 2.49. The van der Waals surface area contributed by atoms with Crippen molar-refractivity contribution in [3.05, 3.63) is 35.9 Å². The molecule has 4 N–H and O–H groups in total. The van der Waals surface area contributed by atoms with Crippen LogP contribution in [0.5, 0.6) is 0 Å². The second-order valence-corrected chi connectivity index (χ2v) is 5.97. The van der Waals surface area contributed by atoms with Crippen molar-refractivity contribution in [3.63, 3.8) is 0 Å². The number of primary amides is 1. The second kappa shape index (κ2) is 4.62. The molecule has 19 heavy (non-hydrogen) atoms. The van der Waals surface area contributed by atoms with Gasteiger partial charge in [0.25, 0.3) is 0 Å². The molecule has 2 atom stereocenters. The Morgan fingerprint density at radius 1 is 1.21 bits per heavy atom. The number of hydrogen-bond donors (Lipinski definition) is 2. The third-order valence-electron chi connectivity index (χ3n) is 4.67. The van der Waals surface area contributed by atoms with Crippen molar-refractivity contribution in [2.75, 3.05) is 0 Å². The summed E-state index contributed by atoms with van der Waals surface area (Å²) < 4.78 is 0. The van der Waals surface area contributed by atoms with Gasteiger partial charge in [0.1, 0.15) is 0 Å². The van der Waals surface area contributed by atoms with E-state index in [2.05, 4.69) is 29.2 Å². The van der Waals surface area contributed by atoms with Crippen LogP contribution in [0.2, 0.25) is 0 Å². The summed E-state index contributed by atoms with van der Waals surface area (Å²) in [5, 5.41) is 0. The Balaban J connectivity index is 1.75. The van der Waals surface area contributed by atoms with E-state index in [-0.39, 0.29) is 5.91 Å². The van der Waals surface area contributed by atoms with Crippen LogP contribution in [-0.4, -0.2) is 28.4 Å². The van der Waals surface area contributed by atoms with E-state index in [1.165, 1.54) is 5.56 Å². The highest BCUT2D eigenvalue weighted by molar-refractivity contribution is 5.84. The molecule has 3 rings (SSSR count). The fourth-order valence-corrected chi connectivity index (χ4v) is 3.63. The van der Waals surface area contributed by atoms with Crippen molar-refractivity contribution in [1.82, 2.24) is 4.90 Å². The zero-order chi connectivity index (χ0) is 13.5. The lowest BCUT2D eigenvalue weighted by molar-refractivity contribution is -0.126. The number of rotatable bonds is 3. The topological polar surface area (TPSA) is 72.3 Å². The van der Waals surface area contributed by atoms with Gasteiger partial charge < -0.3 is 11.5 Å². The van der Waals surface area contributed by atoms with Gasteiger partial charge in [-0.25, -0.2) is 0 Å². The van der Waals surface area contributed by atoms with Gasteiger partial charge in [-0.05, 0) is 31.2 Å². The lowest BCUT2D eigenvalue weighted by Gasteiger charge is -2.43. The van der Waals surface area contributed by atoms with Gasteiger partial charge in [0.05, 0.1) is 5.54 Å². The number of amides is 1.